The molecule has 3 aromatic heterocycles. The van der Waals surface area contributed by atoms with E-state index in [1.165, 1.54) is 12.1 Å². The topological polar surface area (TPSA) is 115 Å². The third-order valence-corrected chi connectivity index (χ3v) is 11.1. The molecular weight excluding hydrogens is 689 g/mol. The number of nitrogens with zero attached hydrogens (tertiary/aromatic N) is 5. The van der Waals surface area contributed by atoms with E-state index in [9.17, 15) is 15.0 Å². The molecule has 2 N–H and O–H groups in total. The number of carbonyl (C=O) groups excluding carboxylic acids is 1. The van der Waals surface area contributed by atoms with Crippen LogP contribution in [0.2, 0.25) is 10.0 Å². The maximum absolute atomic E-state index is 15.0. The minimum absolute atomic E-state index is 0.0221. The second-order valence-corrected chi connectivity index (χ2v) is 14.3. The fourth-order valence-corrected chi connectivity index (χ4v) is 8.21. The molecule has 1 amide bonds. The number of halogens is 2. The number of carboxylic acid groups (broad SMARTS) is 1. The Hall–Kier alpha value is -4.93. The van der Waals surface area contributed by atoms with Crippen molar-refractivity contribution in [3.05, 3.63) is 92.0 Å². The number of rotatable bonds is 8. The predicted molar refractivity (Wildman–Crippen MR) is 201 cm³/mol. The Labute approximate surface area is 305 Å². The molecule has 264 valence electrons. The van der Waals surface area contributed by atoms with Crippen molar-refractivity contribution in [2.45, 2.75) is 53.5 Å². The second-order valence-electron chi connectivity index (χ2n) is 13.5. The smallest absolute Gasteiger partial charge is 0.354 e. The van der Waals surface area contributed by atoms with Gasteiger partial charge in [0.15, 0.2) is 5.69 Å². The molecule has 10 nitrogen and oxygen atoms in total. The van der Waals surface area contributed by atoms with Crippen molar-refractivity contribution in [1.29, 1.82) is 0 Å². The van der Waals surface area contributed by atoms with Crippen LogP contribution in [0.5, 0.6) is 11.5 Å². The van der Waals surface area contributed by atoms with Gasteiger partial charge in [-0.25, -0.2) is 4.79 Å². The summed E-state index contributed by atoms with van der Waals surface area (Å²) < 4.78 is 11.6. The zero-order valence-electron chi connectivity index (χ0n) is 29.6. The van der Waals surface area contributed by atoms with Crippen molar-refractivity contribution in [2.75, 3.05) is 18.1 Å². The van der Waals surface area contributed by atoms with Crippen molar-refractivity contribution in [3.8, 4) is 22.6 Å². The molecule has 0 saturated heterocycles. The van der Waals surface area contributed by atoms with Crippen molar-refractivity contribution in [1.82, 2.24) is 18.9 Å². The summed E-state index contributed by atoms with van der Waals surface area (Å²) in [5.41, 5.74) is 8.31. The Morgan fingerprint density at radius 1 is 1.00 bits per heavy atom. The minimum atomic E-state index is -1.17. The average Bonchev–Trinajstić information content (AvgIpc) is 3.65. The van der Waals surface area contributed by atoms with Gasteiger partial charge in [0.05, 0.1) is 34.0 Å². The highest BCUT2D eigenvalue weighted by Gasteiger charge is 2.39. The van der Waals surface area contributed by atoms with Gasteiger partial charge in [0, 0.05) is 59.3 Å². The van der Waals surface area contributed by atoms with E-state index in [-0.39, 0.29) is 35.6 Å². The first-order valence-electron chi connectivity index (χ1n) is 16.8. The molecule has 1 atom stereocenters. The molecule has 51 heavy (non-hydrogen) atoms. The van der Waals surface area contributed by atoms with E-state index in [1.54, 1.807) is 22.6 Å². The molecule has 0 spiro atoms. The first-order valence-corrected chi connectivity index (χ1v) is 17.6. The number of aromatic hydroxyl groups is 1. The quantitative estimate of drug-likeness (QED) is 0.152. The highest BCUT2D eigenvalue weighted by atomic mass is 35.5. The maximum Gasteiger partial charge on any atom is 0.354 e. The minimum Gasteiger partial charge on any atom is -0.508 e. The molecule has 0 bridgehead atoms. The van der Waals surface area contributed by atoms with Crippen LogP contribution in [0.15, 0.2) is 42.5 Å². The molecule has 1 aliphatic rings. The standard InChI is InChI=1S/C39H39Cl2N5O5/c1-19-15-25(16-20(2)33(19)41)51-14-8-9-26-27-11-12-29(40)32(31-22(4)42-44(7)23(31)5)34(27)46-21(3)18-45(38(48)36(26)46)35-28-17-24(47)10-13-30(28)43(6)37(35)39(49)50/h10-13,15-17,21,47H,8-9,14,18H2,1-7H3,(H,49,50). The Morgan fingerprint density at radius 3 is 2.35 bits per heavy atom. The monoisotopic (exact) mass is 727 g/mol. The SMILES string of the molecule is Cc1cc(OCCCc2c3n(c4c(-c5c(C)nn(C)c5C)c(Cl)ccc24)C(C)CN(c2c(C(=O)O)n(C)c4ccc(O)cc24)C3=O)cc(C)c1Cl. The van der Waals surface area contributed by atoms with Crippen LogP contribution in [0.4, 0.5) is 5.69 Å². The lowest BCUT2D eigenvalue weighted by Crippen LogP contribution is -2.43. The van der Waals surface area contributed by atoms with Gasteiger partial charge in [0.1, 0.15) is 17.2 Å². The van der Waals surface area contributed by atoms with Crippen LogP contribution >= 0.6 is 23.2 Å². The third-order valence-electron chi connectivity index (χ3n) is 10.2. The molecule has 1 aliphatic heterocycles. The molecule has 1 unspecified atom stereocenters. The zero-order chi connectivity index (χ0) is 36.6. The highest BCUT2D eigenvalue weighted by molar-refractivity contribution is 6.35. The fraction of sp³-hybridized carbons (Fsp3) is 0.308. The Kier molecular flexibility index (Phi) is 8.58. The Bertz CT molecular complexity index is 2420. The predicted octanol–water partition coefficient (Wildman–Crippen LogP) is 8.71. The van der Waals surface area contributed by atoms with Crippen LogP contribution < -0.4 is 9.64 Å². The van der Waals surface area contributed by atoms with Gasteiger partial charge in [0.25, 0.3) is 5.91 Å². The third kappa shape index (κ3) is 5.43. The average molecular weight is 729 g/mol. The van der Waals surface area contributed by atoms with Gasteiger partial charge in [-0.05, 0) is 101 Å². The molecule has 0 radical (unpaired) electrons. The lowest BCUT2D eigenvalue weighted by Gasteiger charge is -2.34. The van der Waals surface area contributed by atoms with Gasteiger partial charge < -0.3 is 29.0 Å². The van der Waals surface area contributed by atoms with Crippen molar-refractivity contribution < 1.29 is 24.5 Å². The second kappa shape index (κ2) is 12.7. The normalized spacial score (nSPS) is 14.6. The fourth-order valence-electron chi connectivity index (χ4n) is 7.85. The summed E-state index contributed by atoms with van der Waals surface area (Å²) in [6.45, 7) is 10.5. The summed E-state index contributed by atoms with van der Waals surface area (Å²) in [4.78, 5) is 29.4. The first-order chi connectivity index (χ1) is 24.2. The van der Waals surface area contributed by atoms with E-state index >= 15 is 4.79 Å². The molecule has 0 aliphatic carbocycles. The van der Waals surface area contributed by atoms with Crippen LogP contribution in [-0.2, 0) is 20.5 Å². The number of hydrogen-bond donors (Lipinski definition) is 2. The number of carboxylic acids is 1. The van der Waals surface area contributed by atoms with Crippen molar-refractivity contribution in [3.63, 3.8) is 0 Å². The van der Waals surface area contributed by atoms with Gasteiger partial charge in [-0.3, -0.25) is 9.48 Å². The summed E-state index contributed by atoms with van der Waals surface area (Å²) in [5.74, 6) is -0.794. The number of aromatic nitrogens is 4. The molecule has 7 rings (SSSR count). The van der Waals surface area contributed by atoms with Gasteiger partial charge in [0.2, 0.25) is 0 Å². The number of phenols is 1. The lowest BCUT2D eigenvalue weighted by molar-refractivity contribution is 0.0687. The Balaban J connectivity index is 1.41. The number of fused-ring (bicyclic) bond motifs is 4. The number of carbonyl (C=O) groups is 2. The van der Waals surface area contributed by atoms with E-state index in [4.69, 9.17) is 27.9 Å². The summed E-state index contributed by atoms with van der Waals surface area (Å²) in [6, 6.07) is 12.1. The van der Waals surface area contributed by atoms with Crippen LogP contribution in [0.1, 0.15) is 68.4 Å². The maximum atomic E-state index is 15.0. The summed E-state index contributed by atoms with van der Waals surface area (Å²) >= 11 is 13.4. The van der Waals surface area contributed by atoms with Gasteiger partial charge in [-0.2, -0.15) is 5.10 Å². The van der Waals surface area contributed by atoms with E-state index < -0.39 is 5.97 Å². The number of anilines is 1. The molecule has 6 aromatic rings. The summed E-state index contributed by atoms with van der Waals surface area (Å²) in [6.07, 6.45) is 1.10. The number of aromatic carboxylic acids is 1. The van der Waals surface area contributed by atoms with Gasteiger partial charge in [-0.15, -0.1) is 0 Å². The highest BCUT2D eigenvalue weighted by Crippen LogP contribution is 2.46. The molecule has 12 heteroatoms. The Morgan fingerprint density at radius 2 is 1.71 bits per heavy atom. The van der Waals surface area contributed by atoms with Crippen molar-refractivity contribution in [2.24, 2.45) is 14.1 Å². The molecule has 0 saturated carbocycles. The van der Waals surface area contributed by atoms with E-state index in [0.29, 0.717) is 46.1 Å². The van der Waals surface area contributed by atoms with Gasteiger partial charge in [-0.1, -0.05) is 29.3 Å². The van der Waals surface area contributed by atoms with Crippen LogP contribution in [0.3, 0.4) is 0 Å². The number of ether oxygens (including phenoxy) is 1. The lowest BCUT2D eigenvalue weighted by atomic mass is 9.98. The van der Waals surface area contributed by atoms with Gasteiger partial charge >= 0.3 is 5.97 Å². The number of hydrogen-bond acceptors (Lipinski definition) is 5. The van der Waals surface area contributed by atoms with E-state index in [1.807, 2.05) is 70.6 Å². The number of benzene rings is 3. The van der Waals surface area contributed by atoms with E-state index in [2.05, 4.69) is 9.67 Å². The summed E-state index contributed by atoms with van der Waals surface area (Å²) in [5, 5.41) is 28.2. The van der Waals surface area contributed by atoms with Crippen LogP contribution in [0, 0.1) is 27.7 Å². The number of aryl methyl sites for hydroxylation is 6. The number of phenolic OH excluding ortho intramolecular Hbond substituents is 1. The first kappa shape index (κ1) is 34.5. The van der Waals surface area contributed by atoms with Crippen molar-refractivity contribution >= 4 is 62.6 Å². The molecule has 0 fully saturated rings. The molecule has 4 heterocycles. The zero-order valence-corrected chi connectivity index (χ0v) is 31.1. The largest absolute Gasteiger partial charge is 0.508 e. The van der Waals surface area contributed by atoms with Crippen LogP contribution in [0.25, 0.3) is 32.9 Å². The van der Waals surface area contributed by atoms with Crippen LogP contribution in [-0.4, -0.2) is 54.2 Å². The summed E-state index contributed by atoms with van der Waals surface area (Å²) in [7, 11) is 3.55. The molecule has 3 aromatic carbocycles. The number of amides is 1. The molecular formula is C39H39Cl2N5O5. The van der Waals surface area contributed by atoms with E-state index in [0.717, 1.165) is 55.9 Å².